The fourth-order valence-electron chi connectivity index (χ4n) is 2.32. The third-order valence-corrected chi connectivity index (χ3v) is 3.49. The lowest BCUT2D eigenvalue weighted by Crippen LogP contribution is -2.17. The molecular formula is C17H12N6O. The Morgan fingerprint density at radius 1 is 1.04 bits per heavy atom. The van der Waals surface area contributed by atoms with E-state index in [1.807, 2.05) is 36.4 Å². The number of fused-ring (bicyclic) bond motifs is 1. The lowest BCUT2D eigenvalue weighted by molar-refractivity contribution is 0.809. The monoisotopic (exact) mass is 316 g/mol. The Kier molecular flexibility index (Phi) is 3.43. The van der Waals surface area contributed by atoms with E-state index in [2.05, 4.69) is 20.2 Å². The number of hydrogen-bond donors (Lipinski definition) is 0. The van der Waals surface area contributed by atoms with Crippen molar-refractivity contribution in [3.8, 4) is 5.69 Å². The Hall–Kier alpha value is -3.61. The number of rotatable bonds is 3. The van der Waals surface area contributed by atoms with Gasteiger partial charge in [0, 0.05) is 18.0 Å². The van der Waals surface area contributed by atoms with Gasteiger partial charge in [0.1, 0.15) is 11.7 Å². The first-order valence-corrected chi connectivity index (χ1v) is 7.28. The third-order valence-electron chi connectivity index (χ3n) is 3.49. The molecule has 0 spiro atoms. The molecule has 7 nitrogen and oxygen atoms in total. The molecule has 0 atom stereocenters. The Bertz CT molecular complexity index is 1070. The van der Waals surface area contributed by atoms with E-state index in [1.165, 1.54) is 17.2 Å². The van der Waals surface area contributed by atoms with E-state index in [-0.39, 0.29) is 5.56 Å². The zero-order valence-corrected chi connectivity index (χ0v) is 12.5. The number of benzene rings is 1. The lowest BCUT2D eigenvalue weighted by atomic mass is 10.3. The Morgan fingerprint density at radius 2 is 1.92 bits per heavy atom. The maximum atomic E-state index is 12.5. The molecule has 4 aromatic rings. The van der Waals surface area contributed by atoms with Crippen LogP contribution in [0.2, 0.25) is 0 Å². The van der Waals surface area contributed by atoms with Gasteiger partial charge in [-0.25, -0.2) is 9.67 Å². The van der Waals surface area contributed by atoms with E-state index in [1.54, 1.807) is 29.4 Å². The summed E-state index contributed by atoms with van der Waals surface area (Å²) in [7, 11) is 0. The highest BCUT2D eigenvalue weighted by Crippen LogP contribution is 2.12. The highest BCUT2D eigenvalue weighted by atomic mass is 16.1. The standard InChI is InChI=1S/C17H12N6O/c24-17-15-11-21-23(14-6-2-1-3-7-14)16(15)19-12-22(17)20-10-13-5-4-8-18-9-13/h1-12H/b20-10-. The molecular weight excluding hydrogens is 304 g/mol. The van der Waals surface area contributed by atoms with Gasteiger partial charge >= 0.3 is 0 Å². The summed E-state index contributed by atoms with van der Waals surface area (Å²) in [6.07, 6.45) is 7.79. The molecule has 3 aromatic heterocycles. The fourth-order valence-corrected chi connectivity index (χ4v) is 2.32. The Morgan fingerprint density at radius 3 is 2.71 bits per heavy atom. The summed E-state index contributed by atoms with van der Waals surface area (Å²) in [5.41, 5.74) is 1.86. The predicted molar refractivity (Wildman–Crippen MR) is 90.4 cm³/mol. The molecule has 0 N–H and O–H groups in total. The molecule has 116 valence electrons. The first kappa shape index (κ1) is 14.0. The molecule has 0 saturated carbocycles. The largest absolute Gasteiger partial charge is 0.285 e. The van der Waals surface area contributed by atoms with Gasteiger partial charge in [-0.1, -0.05) is 24.3 Å². The second-order valence-corrected chi connectivity index (χ2v) is 5.05. The second-order valence-electron chi connectivity index (χ2n) is 5.05. The molecule has 0 bridgehead atoms. The van der Waals surface area contributed by atoms with E-state index in [0.29, 0.717) is 11.0 Å². The van der Waals surface area contributed by atoms with Crippen molar-refractivity contribution in [2.24, 2.45) is 5.10 Å². The van der Waals surface area contributed by atoms with E-state index in [0.717, 1.165) is 11.3 Å². The number of hydrogen-bond acceptors (Lipinski definition) is 5. The lowest BCUT2D eigenvalue weighted by Gasteiger charge is -2.02. The SMILES string of the molecule is O=c1c2cnn(-c3ccccc3)c2ncn1/N=C\c1cccnc1. The maximum absolute atomic E-state index is 12.5. The van der Waals surface area contributed by atoms with Crippen molar-refractivity contribution in [1.82, 2.24) is 24.4 Å². The van der Waals surface area contributed by atoms with Crippen LogP contribution in [0.4, 0.5) is 0 Å². The minimum Gasteiger partial charge on any atom is -0.266 e. The van der Waals surface area contributed by atoms with E-state index >= 15 is 0 Å². The van der Waals surface area contributed by atoms with E-state index in [4.69, 9.17) is 0 Å². The number of nitrogens with zero attached hydrogens (tertiary/aromatic N) is 6. The van der Waals surface area contributed by atoms with Gasteiger partial charge in [-0.05, 0) is 18.2 Å². The van der Waals surface area contributed by atoms with Gasteiger partial charge in [0.2, 0.25) is 0 Å². The zero-order valence-electron chi connectivity index (χ0n) is 12.5. The maximum Gasteiger partial charge on any atom is 0.285 e. The van der Waals surface area contributed by atoms with Gasteiger partial charge < -0.3 is 0 Å². The molecule has 0 aliphatic carbocycles. The quantitative estimate of drug-likeness (QED) is 0.540. The molecule has 1 aromatic carbocycles. The van der Waals surface area contributed by atoms with Crippen molar-refractivity contribution in [1.29, 1.82) is 0 Å². The van der Waals surface area contributed by atoms with E-state index < -0.39 is 0 Å². The smallest absolute Gasteiger partial charge is 0.266 e. The van der Waals surface area contributed by atoms with Gasteiger partial charge in [0.05, 0.1) is 18.1 Å². The summed E-state index contributed by atoms with van der Waals surface area (Å²) >= 11 is 0. The summed E-state index contributed by atoms with van der Waals surface area (Å²) in [5, 5.41) is 8.82. The van der Waals surface area contributed by atoms with Gasteiger partial charge in [0.15, 0.2) is 5.65 Å². The van der Waals surface area contributed by atoms with Crippen LogP contribution in [-0.2, 0) is 0 Å². The highest BCUT2D eigenvalue weighted by Gasteiger charge is 2.10. The van der Waals surface area contributed by atoms with Crippen molar-refractivity contribution in [2.75, 3.05) is 0 Å². The number of aromatic nitrogens is 5. The van der Waals surface area contributed by atoms with Crippen LogP contribution in [0, 0.1) is 0 Å². The molecule has 3 heterocycles. The highest BCUT2D eigenvalue weighted by molar-refractivity contribution is 5.79. The normalized spacial score (nSPS) is 11.3. The molecule has 0 radical (unpaired) electrons. The average Bonchev–Trinajstić information content (AvgIpc) is 3.08. The molecule has 4 rings (SSSR count). The molecule has 0 aliphatic rings. The topological polar surface area (TPSA) is 78.0 Å². The predicted octanol–water partition coefficient (Wildman–Crippen LogP) is 1.86. The zero-order chi connectivity index (χ0) is 16.4. The van der Waals surface area contributed by atoms with Crippen molar-refractivity contribution in [3.63, 3.8) is 0 Å². The molecule has 24 heavy (non-hydrogen) atoms. The van der Waals surface area contributed by atoms with Crippen LogP contribution < -0.4 is 5.56 Å². The molecule has 0 unspecified atom stereocenters. The number of para-hydroxylation sites is 1. The van der Waals surface area contributed by atoms with Crippen molar-refractivity contribution < 1.29 is 0 Å². The van der Waals surface area contributed by atoms with Crippen molar-refractivity contribution in [2.45, 2.75) is 0 Å². The molecule has 7 heteroatoms. The Balaban J connectivity index is 1.77. The third kappa shape index (κ3) is 2.48. The van der Waals surface area contributed by atoms with Gasteiger partial charge in [-0.2, -0.15) is 14.9 Å². The van der Waals surface area contributed by atoms with E-state index in [9.17, 15) is 4.79 Å². The van der Waals surface area contributed by atoms with Crippen LogP contribution in [-0.4, -0.2) is 30.6 Å². The first-order valence-electron chi connectivity index (χ1n) is 7.28. The molecule has 0 fully saturated rings. The fraction of sp³-hybridized carbons (Fsp3) is 0. The summed E-state index contributed by atoms with van der Waals surface area (Å²) in [5.74, 6) is 0. The van der Waals surface area contributed by atoms with Crippen molar-refractivity contribution in [3.05, 3.63) is 83.3 Å². The summed E-state index contributed by atoms with van der Waals surface area (Å²) in [4.78, 5) is 20.9. The first-order chi connectivity index (χ1) is 11.8. The summed E-state index contributed by atoms with van der Waals surface area (Å²) < 4.78 is 2.82. The molecule has 0 amide bonds. The van der Waals surface area contributed by atoms with Crippen LogP contribution in [0.5, 0.6) is 0 Å². The minimum atomic E-state index is -0.276. The Labute approximate surface area is 136 Å². The van der Waals surface area contributed by atoms with Crippen LogP contribution in [0.3, 0.4) is 0 Å². The average molecular weight is 316 g/mol. The van der Waals surface area contributed by atoms with Crippen LogP contribution in [0.25, 0.3) is 16.7 Å². The van der Waals surface area contributed by atoms with Crippen LogP contribution in [0.1, 0.15) is 5.56 Å². The molecule has 0 saturated heterocycles. The molecule has 0 aliphatic heterocycles. The number of pyridine rings is 1. The van der Waals surface area contributed by atoms with Gasteiger partial charge in [0.25, 0.3) is 5.56 Å². The minimum absolute atomic E-state index is 0.276. The summed E-state index contributed by atoms with van der Waals surface area (Å²) in [6.45, 7) is 0. The van der Waals surface area contributed by atoms with Gasteiger partial charge in [-0.3, -0.25) is 9.78 Å². The summed E-state index contributed by atoms with van der Waals surface area (Å²) in [6, 6.07) is 13.2. The van der Waals surface area contributed by atoms with Crippen LogP contribution >= 0.6 is 0 Å². The van der Waals surface area contributed by atoms with Gasteiger partial charge in [-0.15, -0.1) is 0 Å². The second kappa shape index (κ2) is 5.88. The van der Waals surface area contributed by atoms with Crippen molar-refractivity contribution >= 4 is 17.2 Å². The van der Waals surface area contributed by atoms with Crippen LogP contribution in [0.15, 0.2) is 77.3 Å².